The lowest BCUT2D eigenvalue weighted by Gasteiger charge is -2.41. The molecule has 2 heterocycles. The third-order valence-electron chi connectivity index (χ3n) is 6.61. The number of sulfonamides is 1. The van der Waals surface area contributed by atoms with Crippen LogP contribution in [0.4, 0.5) is 0 Å². The summed E-state index contributed by atoms with van der Waals surface area (Å²) in [5, 5.41) is 0. The van der Waals surface area contributed by atoms with E-state index in [0.717, 1.165) is 43.0 Å². The molecule has 0 N–H and O–H groups in total. The molecular formula is C24H32N2O2S. The molecule has 2 aliphatic rings. The van der Waals surface area contributed by atoms with Gasteiger partial charge in [0.05, 0.1) is 4.90 Å². The molecule has 0 bridgehead atoms. The largest absolute Gasteiger partial charge is 0.300 e. The molecule has 0 aliphatic carbocycles. The standard InChI is InChI=1S/C24H32N2O2S/c1-19-6-8-21(9-7-19)22-4-3-5-24(18-22)29(27,28)26-16-12-23(13-17-26)25-14-10-20(2)11-15-25/h3-9,18,20,23H,10-17H2,1-2H3. The number of likely N-dealkylation sites (tertiary alicyclic amines) is 1. The number of nitrogens with zero attached hydrogens (tertiary/aromatic N) is 2. The first-order valence-corrected chi connectivity index (χ1v) is 12.3. The highest BCUT2D eigenvalue weighted by atomic mass is 32.2. The zero-order valence-corrected chi connectivity index (χ0v) is 18.4. The van der Waals surface area contributed by atoms with E-state index in [-0.39, 0.29) is 0 Å². The lowest BCUT2D eigenvalue weighted by atomic mass is 9.95. The highest BCUT2D eigenvalue weighted by molar-refractivity contribution is 7.89. The Morgan fingerprint density at radius 1 is 0.828 bits per heavy atom. The Hall–Kier alpha value is -1.69. The number of benzene rings is 2. The fourth-order valence-corrected chi connectivity index (χ4v) is 6.09. The van der Waals surface area contributed by atoms with Crippen molar-refractivity contribution in [1.29, 1.82) is 0 Å². The lowest BCUT2D eigenvalue weighted by Crippen LogP contribution is -2.48. The molecule has 2 fully saturated rings. The van der Waals surface area contributed by atoms with Crippen LogP contribution in [-0.4, -0.2) is 49.8 Å². The highest BCUT2D eigenvalue weighted by Crippen LogP contribution is 2.28. The Kier molecular flexibility index (Phi) is 6.09. The molecule has 0 amide bonds. The smallest absolute Gasteiger partial charge is 0.243 e. The highest BCUT2D eigenvalue weighted by Gasteiger charge is 2.32. The summed E-state index contributed by atoms with van der Waals surface area (Å²) in [5.41, 5.74) is 3.19. The SMILES string of the molecule is Cc1ccc(-c2cccc(S(=O)(=O)N3CCC(N4CCC(C)CC4)CC3)c2)cc1. The van der Waals surface area contributed by atoms with Gasteiger partial charge in [-0.15, -0.1) is 0 Å². The quantitative estimate of drug-likeness (QED) is 0.740. The van der Waals surface area contributed by atoms with Gasteiger partial charge >= 0.3 is 0 Å². The van der Waals surface area contributed by atoms with Crippen LogP contribution in [0.25, 0.3) is 11.1 Å². The molecule has 4 rings (SSSR count). The molecule has 0 atom stereocenters. The van der Waals surface area contributed by atoms with Crippen LogP contribution in [0.3, 0.4) is 0 Å². The van der Waals surface area contributed by atoms with Crippen LogP contribution in [0.2, 0.25) is 0 Å². The zero-order chi connectivity index (χ0) is 20.4. The summed E-state index contributed by atoms with van der Waals surface area (Å²) in [5.74, 6) is 0.826. The monoisotopic (exact) mass is 412 g/mol. The van der Waals surface area contributed by atoms with Crippen LogP contribution in [0.1, 0.15) is 38.2 Å². The van der Waals surface area contributed by atoms with E-state index in [9.17, 15) is 8.42 Å². The maximum atomic E-state index is 13.3. The summed E-state index contributed by atoms with van der Waals surface area (Å²) in [6.07, 6.45) is 4.41. The third kappa shape index (κ3) is 4.57. The van der Waals surface area contributed by atoms with E-state index in [1.54, 1.807) is 10.4 Å². The topological polar surface area (TPSA) is 40.6 Å². The van der Waals surface area contributed by atoms with Crippen molar-refractivity contribution >= 4 is 10.0 Å². The van der Waals surface area contributed by atoms with Gasteiger partial charge in [-0.3, -0.25) is 0 Å². The Morgan fingerprint density at radius 2 is 1.48 bits per heavy atom. The first-order valence-electron chi connectivity index (χ1n) is 10.8. The molecule has 29 heavy (non-hydrogen) atoms. The minimum absolute atomic E-state index is 0.404. The minimum atomic E-state index is -3.45. The fraction of sp³-hybridized carbons (Fsp3) is 0.500. The van der Waals surface area contributed by atoms with Gasteiger partial charge in [-0.05, 0) is 74.9 Å². The maximum Gasteiger partial charge on any atom is 0.243 e. The molecule has 2 aliphatic heterocycles. The van der Waals surface area contributed by atoms with Crippen LogP contribution in [0, 0.1) is 12.8 Å². The molecule has 0 radical (unpaired) electrons. The van der Waals surface area contributed by atoms with Crippen LogP contribution in [-0.2, 0) is 10.0 Å². The fourth-order valence-electron chi connectivity index (χ4n) is 4.57. The first-order chi connectivity index (χ1) is 13.9. The van der Waals surface area contributed by atoms with Gasteiger partial charge in [0, 0.05) is 19.1 Å². The van der Waals surface area contributed by atoms with E-state index in [2.05, 4.69) is 30.9 Å². The molecule has 4 nitrogen and oxygen atoms in total. The Bertz CT molecular complexity index is 924. The number of hydrogen-bond acceptors (Lipinski definition) is 3. The molecule has 2 saturated heterocycles. The van der Waals surface area contributed by atoms with Crippen molar-refractivity contribution in [2.45, 2.75) is 50.5 Å². The predicted molar refractivity (Wildman–Crippen MR) is 118 cm³/mol. The van der Waals surface area contributed by atoms with Gasteiger partial charge in [0.1, 0.15) is 0 Å². The third-order valence-corrected chi connectivity index (χ3v) is 8.51. The molecule has 0 unspecified atom stereocenters. The summed E-state index contributed by atoms with van der Waals surface area (Å²) in [6.45, 7) is 7.95. The summed E-state index contributed by atoms with van der Waals surface area (Å²) in [4.78, 5) is 2.99. The van der Waals surface area contributed by atoms with Gasteiger partial charge in [-0.2, -0.15) is 4.31 Å². The van der Waals surface area contributed by atoms with Crippen molar-refractivity contribution < 1.29 is 8.42 Å². The van der Waals surface area contributed by atoms with E-state index < -0.39 is 10.0 Å². The molecule has 156 valence electrons. The van der Waals surface area contributed by atoms with Crippen molar-refractivity contribution in [1.82, 2.24) is 9.21 Å². The summed E-state index contributed by atoms with van der Waals surface area (Å²) < 4.78 is 28.2. The number of rotatable bonds is 4. The van der Waals surface area contributed by atoms with Crippen molar-refractivity contribution in [2.75, 3.05) is 26.2 Å². The van der Waals surface area contributed by atoms with Gasteiger partial charge in [0.25, 0.3) is 0 Å². The summed E-state index contributed by atoms with van der Waals surface area (Å²) in [6, 6.07) is 16.1. The van der Waals surface area contributed by atoms with Crippen LogP contribution in [0.5, 0.6) is 0 Å². The van der Waals surface area contributed by atoms with E-state index in [1.165, 1.54) is 18.4 Å². The average Bonchev–Trinajstić information content (AvgIpc) is 2.75. The van der Waals surface area contributed by atoms with E-state index in [1.807, 2.05) is 30.3 Å². The first kappa shape index (κ1) is 20.6. The molecule has 0 aromatic heterocycles. The van der Waals surface area contributed by atoms with Gasteiger partial charge in [0.15, 0.2) is 0 Å². The number of aryl methyl sites for hydroxylation is 1. The molecule has 5 heteroatoms. The number of piperidine rings is 2. The van der Waals surface area contributed by atoms with E-state index in [4.69, 9.17) is 0 Å². The maximum absolute atomic E-state index is 13.3. The molecule has 0 spiro atoms. The predicted octanol–water partition coefficient (Wildman–Crippen LogP) is 4.55. The average molecular weight is 413 g/mol. The van der Waals surface area contributed by atoms with Gasteiger partial charge in [0.2, 0.25) is 10.0 Å². The lowest BCUT2D eigenvalue weighted by molar-refractivity contribution is 0.101. The minimum Gasteiger partial charge on any atom is -0.300 e. The normalized spacial score (nSPS) is 20.8. The molecule has 0 saturated carbocycles. The van der Waals surface area contributed by atoms with Crippen LogP contribution in [0.15, 0.2) is 53.4 Å². The molecular weight excluding hydrogens is 380 g/mol. The Balaban J connectivity index is 1.45. The summed E-state index contributed by atoms with van der Waals surface area (Å²) in [7, 11) is -3.45. The van der Waals surface area contributed by atoms with Crippen molar-refractivity contribution in [3.8, 4) is 11.1 Å². The van der Waals surface area contributed by atoms with Gasteiger partial charge in [-0.25, -0.2) is 8.42 Å². The zero-order valence-electron chi connectivity index (χ0n) is 17.5. The van der Waals surface area contributed by atoms with E-state index in [0.29, 0.717) is 24.0 Å². The second-order valence-corrected chi connectivity index (χ2v) is 10.7. The van der Waals surface area contributed by atoms with Crippen LogP contribution >= 0.6 is 0 Å². The molecule has 2 aromatic rings. The molecule has 2 aromatic carbocycles. The Morgan fingerprint density at radius 3 is 2.14 bits per heavy atom. The van der Waals surface area contributed by atoms with Gasteiger partial charge in [-0.1, -0.05) is 48.9 Å². The van der Waals surface area contributed by atoms with Crippen molar-refractivity contribution in [3.63, 3.8) is 0 Å². The van der Waals surface area contributed by atoms with Crippen molar-refractivity contribution in [2.24, 2.45) is 5.92 Å². The van der Waals surface area contributed by atoms with Gasteiger partial charge < -0.3 is 4.90 Å². The Labute approximate surface area is 175 Å². The second-order valence-electron chi connectivity index (χ2n) is 8.75. The summed E-state index contributed by atoms with van der Waals surface area (Å²) >= 11 is 0. The van der Waals surface area contributed by atoms with E-state index >= 15 is 0 Å². The number of hydrogen-bond donors (Lipinski definition) is 0. The second kappa shape index (κ2) is 8.58. The van der Waals surface area contributed by atoms with Crippen molar-refractivity contribution in [3.05, 3.63) is 54.1 Å². The van der Waals surface area contributed by atoms with Crippen LogP contribution < -0.4 is 0 Å².